The van der Waals surface area contributed by atoms with E-state index in [1.54, 1.807) is 19.2 Å². The number of carbonyl (C=O) groups is 2. The first kappa shape index (κ1) is 21.9. The van der Waals surface area contributed by atoms with Crippen molar-refractivity contribution >= 4 is 45.8 Å². The van der Waals surface area contributed by atoms with Crippen molar-refractivity contribution in [3.63, 3.8) is 0 Å². The second kappa shape index (κ2) is 8.58. The summed E-state index contributed by atoms with van der Waals surface area (Å²) in [5.41, 5.74) is 3.74. The highest BCUT2D eigenvalue weighted by atomic mass is 32.1. The molecule has 6 rings (SSSR count). The standard InChI is InChI=1S/C26H20N6O3S/c1-30(24(35)20-13-17-9-5-6-10-19(17)31(20)15-22(33)34)26-29-28-21-14-27-23(16-7-3-2-4-8-16)18-11-12-36-25(18)32(21)26/h2-13H,14-15H2,1H3,(H,33,34). The average Bonchev–Trinajstić information content (AvgIpc) is 3.59. The number of carbonyl (C=O) groups excluding carboxylic acids is 1. The van der Waals surface area contributed by atoms with Crippen molar-refractivity contribution in [3.8, 4) is 5.00 Å². The van der Waals surface area contributed by atoms with Crippen LogP contribution in [0.1, 0.15) is 27.4 Å². The Morgan fingerprint density at radius 1 is 1.06 bits per heavy atom. The molecule has 0 atom stereocenters. The number of aliphatic imine (C=N–C) groups is 1. The van der Waals surface area contributed by atoms with Crippen LogP contribution in [0.4, 0.5) is 5.95 Å². The highest BCUT2D eigenvalue weighted by Crippen LogP contribution is 2.33. The van der Waals surface area contributed by atoms with Gasteiger partial charge in [0.1, 0.15) is 23.8 Å². The molecular formula is C26H20N6O3S. The van der Waals surface area contributed by atoms with Crippen LogP contribution in [0.25, 0.3) is 15.9 Å². The number of aromatic nitrogens is 4. The van der Waals surface area contributed by atoms with Gasteiger partial charge in [0.15, 0.2) is 5.82 Å². The molecule has 0 saturated carbocycles. The number of hydrogen-bond donors (Lipinski definition) is 1. The van der Waals surface area contributed by atoms with Crippen molar-refractivity contribution < 1.29 is 14.7 Å². The molecule has 4 heterocycles. The van der Waals surface area contributed by atoms with Crippen LogP contribution in [0, 0.1) is 0 Å². The first-order chi connectivity index (χ1) is 17.5. The fourth-order valence-corrected chi connectivity index (χ4v) is 5.44. The summed E-state index contributed by atoms with van der Waals surface area (Å²) in [6.07, 6.45) is 0. The summed E-state index contributed by atoms with van der Waals surface area (Å²) in [6, 6.07) is 21.0. The Balaban J connectivity index is 1.43. The largest absolute Gasteiger partial charge is 0.480 e. The topological polar surface area (TPSA) is 106 Å². The lowest BCUT2D eigenvalue weighted by atomic mass is 10.0. The molecule has 5 aromatic rings. The number of para-hydroxylation sites is 1. The first-order valence-corrected chi connectivity index (χ1v) is 12.1. The van der Waals surface area contributed by atoms with Gasteiger partial charge in [0.05, 0.1) is 5.71 Å². The van der Waals surface area contributed by atoms with Crippen LogP contribution in [0.2, 0.25) is 0 Å². The smallest absolute Gasteiger partial charge is 0.323 e. The van der Waals surface area contributed by atoms with E-state index in [1.165, 1.54) is 20.8 Å². The summed E-state index contributed by atoms with van der Waals surface area (Å²) in [7, 11) is 1.62. The lowest BCUT2D eigenvalue weighted by Crippen LogP contribution is -2.31. The van der Waals surface area contributed by atoms with E-state index in [0.29, 0.717) is 23.8 Å². The molecule has 0 fully saturated rings. The van der Waals surface area contributed by atoms with Crippen molar-refractivity contribution in [2.24, 2.45) is 4.99 Å². The van der Waals surface area contributed by atoms with E-state index in [9.17, 15) is 14.7 Å². The number of hydrogen-bond acceptors (Lipinski definition) is 6. The minimum Gasteiger partial charge on any atom is -0.480 e. The van der Waals surface area contributed by atoms with Crippen LogP contribution >= 0.6 is 11.3 Å². The monoisotopic (exact) mass is 496 g/mol. The Bertz CT molecular complexity index is 1660. The molecule has 0 spiro atoms. The Morgan fingerprint density at radius 3 is 2.64 bits per heavy atom. The number of anilines is 1. The molecule has 0 aliphatic carbocycles. The van der Waals surface area contributed by atoms with Gasteiger partial charge in [0.2, 0.25) is 5.95 Å². The Hall–Kier alpha value is -4.57. The zero-order chi connectivity index (χ0) is 24.8. The molecule has 36 heavy (non-hydrogen) atoms. The van der Waals surface area contributed by atoms with Crippen LogP contribution in [0.5, 0.6) is 0 Å². The molecule has 178 valence electrons. The number of nitrogens with zero attached hydrogens (tertiary/aromatic N) is 6. The number of rotatable bonds is 5. The molecular weight excluding hydrogens is 476 g/mol. The van der Waals surface area contributed by atoms with Gasteiger partial charge in [-0.1, -0.05) is 48.5 Å². The number of thiophene rings is 1. The summed E-state index contributed by atoms with van der Waals surface area (Å²) in [5, 5.41) is 21.8. The van der Waals surface area contributed by atoms with Gasteiger partial charge >= 0.3 is 5.97 Å². The summed E-state index contributed by atoms with van der Waals surface area (Å²) < 4.78 is 3.38. The first-order valence-electron chi connectivity index (χ1n) is 11.2. The van der Waals surface area contributed by atoms with Crippen LogP contribution in [0.3, 0.4) is 0 Å². The maximum atomic E-state index is 13.7. The van der Waals surface area contributed by atoms with Crippen LogP contribution < -0.4 is 4.90 Å². The Labute approximate surface area is 209 Å². The molecule has 1 aliphatic heterocycles. The number of carboxylic acid groups (broad SMARTS) is 1. The molecule has 0 bridgehead atoms. The van der Waals surface area contributed by atoms with E-state index in [0.717, 1.165) is 27.2 Å². The van der Waals surface area contributed by atoms with Gasteiger partial charge < -0.3 is 9.67 Å². The minimum atomic E-state index is -1.03. The van der Waals surface area contributed by atoms with E-state index < -0.39 is 5.97 Å². The van der Waals surface area contributed by atoms with Crippen molar-refractivity contribution in [1.29, 1.82) is 0 Å². The molecule has 0 unspecified atom stereocenters. The summed E-state index contributed by atoms with van der Waals surface area (Å²) in [5.74, 6) is -0.451. The van der Waals surface area contributed by atoms with Crippen molar-refractivity contribution in [3.05, 3.63) is 94.8 Å². The molecule has 1 N–H and O–H groups in total. The zero-order valence-electron chi connectivity index (χ0n) is 19.2. The number of benzene rings is 2. The summed E-state index contributed by atoms with van der Waals surface area (Å²) >= 11 is 1.52. The predicted molar refractivity (Wildman–Crippen MR) is 137 cm³/mol. The highest BCUT2D eigenvalue weighted by molar-refractivity contribution is 7.13. The third kappa shape index (κ3) is 3.50. The van der Waals surface area contributed by atoms with Gasteiger partial charge in [0, 0.05) is 29.1 Å². The maximum absolute atomic E-state index is 13.7. The highest BCUT2D eigenvalue weighted by Gasteiger charge is 2.29. The number of aliphatic carboxylic acids is 1. The second-order valence-corrected chi connectivity index (χ2v) is 9.25. The molecule has 1 aliphatic rings. The van der Waals surface area contributed by atoms with Gasteiger partial charge in [-0.15, -0.1) is 21.5 Å². The zero-order valence-corrected chi connectivity index (χ0v) is 20.0. The minimum absolute atomic E-state index is 0.264. The third-order valence-electron chi connectivity index (χ3n) is 6.17. The van der Waals surface area contributed by atoms with E-state index in [-0.39, 0.29) is 18.1 Å². The van der Waals surface area contributed by atoms with Crippen molar-refractivity contribution in [2.75, 3.05) is 11.9 Å². The Kier molecular flexibility index (Phi) is 5.23. The van der Waals surface area contributed by atoms with Crippen LogP contribution in [-0.4, -0.2) is 49.1 Å². The summed E-state index contributed by atoms with van der Waals surface area (Å²) in [6.45, 7) is -0.0242. The van der Waals surface area contributed by atoms with Gasteiger partial charge in [-0.2, -0.15) is 0 Å². The summed E-state index contributed by atoms with van der Waals surface area (Å²) in [4.78, 5) is 31.6. The second-order valence-electron chi connectivity index (χ2n) is 8.35. The predicted octanol–water partition coefficient (Wildman–Crippen LogP) is 4.00. The molecule has 2 aromatic carbocycles. The number of fused-ring (bicyclic) bond motifs is 4. The number of amides is 1. The quantitative estimate of drug-likeness (QED) is 0.396. The molecule has 3 aromatic heterocycles. The van der Waals surface area contributed by atoms with Crippen molar-refractivity contribution in [1.82, 2.24) is 19.3 Å². The van der Waals surface area contributed by atoms with Crippen molar-refractivity contribution in [2.45, 2.75) is 13.1 Å². The number of carboxylic acids is 1. The SMILES string of the molecule is CN(C(=O)c1cc2ccccc2n1CC(=O)O)c1nnc2n1-c1sccc1C(c1ccccc1)=NC2. The Morgan fingerprint density at radius 2 is 1.83 bits per heavy atom. The van der Waals surface area contributed by atoms with Gasteiger partial charge in [-0.3, -0.25) is 24.0 Å². The molecule has 1 amide bonds. The van der Waals surface area contributed by atoms with Gasteiger partial charge in [-0.25, -0.2) is 0 Å². The van der Waals surface area contributed by atoms with E-state index >= 15 is 0 Å². The maximum Gasteiger partial charge on any atom is 0.323 e. The van der Waals surface area contributed by atoms with Gasteiger partial charge in [-0.05, 0) is 23.6 Å². The molecule has 9 nitrogen and oxygen atoms in total. The lowest BCUT2D eigenvalue weighted by Gasteiger charge is -2.18. The van der Waals surface area contributed by atoms with E-state index in [4.69, 9.17) is 4.99 Å². The van der Waals surface area contributed by atoms with E-state index in [2.05, 4.69) is 10.2 Å². The average molecular weight is 497 g/mol. The van der Waals surface area contributed by atoms with E-state index in [1.807, 2.05) is 64.5 Å². The normalized spacial score (nSPS) is 12.5. The van der Waals surface area contributed by atoms with Crippen LogP contribution in [0.15, 0.2) is 77.1 Å². The van der Waals surface area contributed by atoms with Crippen LogP contribution in [-0.2, 0) is 17.9 Å². The molecule has 0 radical (unpaired) electrons. The molecule has 10 heteroatoms. The third-order valence-corrected chi connectivity index (χ3v) is 7.07. The fourth-order valence-electron chi connectivity index (χ4n) is 4.52. The molecule has 0 saturated heterocycles. The van der Waals surface area contributed by atoms with Gasteiger partial charge in [0.25, 0.3) is 5.91 Å². The fraction of sp³-hybridized carbons (Fsp3) is 0.115. The lowest BCUT2D eigenvalue weighted by molar-refractivity contribution is -0.137.